The Labute approximate surface area is 239 Å². The molecule has 5 aromatic carbocycles. The zero-order valence-electron chi connectivity index (χ0n) is 22.4. The van der Waals surface area contributed by atoms with Crippen LogP contribution in [0.1, 0.15) is 0 Å². The van der Waals surface area contributed by atoms with Crippen molar-refractivity contribution in [2.45, 2.75) is 0 Å². The van der Waals surface area contributed by atoms with E-state index in [-0.39, 0.29) is 0 Å². The molecule has 0 fully saturated rings. The van der Waals surface area contributed by atoms with Crippen molar-refractivity contribution >= 4 is 70.8 Å². The second-order valence-electron chi connectivity index (χ2n) is 10.9. The molecule has 0 atom stereocenters. The third kappa shape index (κ3) is 2.70. The summed E-state index contributed by atoms with van der Waals surface area (Å²) in [5, 5.41) is 8.45. The van der Waals surface area contributed by atoms with E-state index in [1.807, 2.05) is 24.4 Å². The number of fused-ring (bicyclic) bond motifs is 11. The molecule has 0 bridgehead atoms. The summed E-state index contributed by atoms with van der Waals surface area (Å²) in [6, 6.07) is 40.7. The standard InChI is InChI=1S/C37H21N5/c1-5-15-28-24(12-1)35(22-10-9-19-38-21-22)40-37(39-28)42-31-18-8-3-13-25(31)33-32(42)20-27-23-11-2-6-16-29(23)41-30-17-7-4-14-26(30)34(33)36(27)41/h1-21H. The Morgan fingerprint density at radius 3 is 1.95 bits per heavy atom. The molecule has 0 saturated carbocycles. The van der Waals surface area contributed by atoms with Gasteiger partial charge in [0.1, 0.15) is 0 Å². The summed E-state index contributed by atoms with van der Waals surface area (Å²) < 4.78 is 4.69. The Balaban J connectivity index is 1.45. The molecule has 0 aliphatic carbocycles. The number of pyridine rings is 1. The van der Waals surface area contributed by atoms with Crippen LogP contribution in [0, 0.1) is 0 Å². The predicted molar refractivity (Wildman–Crippen MR) is 172 cm³/mol. The van der Waals surface area contributed by atoms with E-state index >= 15 is 0 Å². The minimum Gasteiger partial charge on any atom is -0.308 e. The van der Waals surface area contributed by atoms with Crippen LogP contribution in [0.5, 0.6) is 0 Å². The summed E-state index contributed by atoms with van der Waals surface area (Å²) >= 11 is 0. The maximum Gasteiger partial charge on any atom is 0.235 e. The summed E-state index contributed by atoms with van der Waals surface area (Å²) in [6.07, 6.45) is 3.67. The molecule has 0 unspecified atom stereocenters. The highest BCUT2D eigenvalue weighted by Crippen LogP contribution is 2.46. The van der Waals surface area contributed by atoms with Crippen molar-refractivity contribution in [2.75, 3.05) is 0 Å². The van der Waals surface area contributed by atoms with Gasteiger partial charge in [0.15, 0.2) is 0 Å². The highest BCUT2D eigenvalue weighted by atomic mass is 15.2. The van der Waals surface area contributed by atoms with E-state index in [0.717, 1.165) is 33.2 Å². The number of hydrogen-bond donors (Lipinski definition) is 0. The molecule has 0 aliphatic heterocycles. The van der Waals surface area contributed by atoms with E-state index in [2.05, 4.69) is 111 Å². The minimum atomic E-state index is 0.653. The van der Waals surface area contributed by atoms with E-state index in [1.54, 1.807) is 6.20 Å². The van der Waals surface area contributed by atoms with Crippen molar-refractivity contribution in [3.05, 3.63) is 128 Å². The lowest BCUT2D eigenvalue weighted by molar-refractivity contribution is 1.01. The van der Waals surface area contributed by atoms with Crippen LogP contribution in [0.25, 0.3) is 88.0 Å². The number of para-hydroxylation sites is 4. The number of aromatic nitrogens is 5. The monoisotopic (exact) mass is 535 g/mol. The zero-order valence-corrected chi connectivity index (χ0v) is 22.4. The van der Waals surface area contributed by atoms with Crippen molar-refractivity contribution < 1.29 is 0 Å². The van der Waals surface area contributed by atoms with E-state index in [9.17, 15) is 0 Å². The Hall–Kier alpha value is -5.81. The molecule has 0 aliphatic rings. The molecular weight excluding hydrogens is 514 g/mol. The average Bonchev–Trinajstić information content (AvgIpc) is 3.69. The van der Waals surface area contributed by atoms with Crippen LogP contribution in [0.2, 0.25) is 0 Å². The fourth-order valence-electron chi connectivity index (χ4n) is 7.07. The first-order valence-electron chi connectivity index (χ1n) is 14.1. The second kappa shape index (κ2) is 7.89. The van der Waals surface area contributed by atoms with Gasteiger partial charge in [0, 0.05) is 55.7 Å². The molecule has 0 spiro atoms. The van der Waals surface area contributed by atoms with Crippen molar-refractivity contribution in [1.29, 1.82) is 0 Å². The zero-order chi connectivity index (χ0) is 27.4. The third-order valence-corrected chi connectivity index (χ3v) is 8.73. The molecular formula is C37H21N5. The van der Waals surface area contributed by atoms with Gasteiger partial charge >= 0.3 is 0 Å². The Bertz CT molecular complexity index is 2680. The first kappa shape index (κ1) is 21.9. The third-order valence-electron chi connectivity index (χ3n) is 8.73. The summed E-state index contributed by atoms with van der Waals surface area (Å²) in [5.41, 5.74) is 8.66. The van der Waals surface area contributed by atoms with Crippen LogP contribution in [0.15, 0.2) is 128 Å². The van der Waals surface area contributed by atoms with Gasteiger partial charge in [-0.15, -0.1) is 0 Å². The van der Waals surface area contributed by atoms with Crippen molar-refractivity contribution in [3.8, 4) is 17.2 Å². The van der Waals surface area contributed by atoms with Gasteiger partial charge in [-0.1, -0.05) is 72.8 Å². The maximum atomic E-state index is 5.26. The van der Waals surface area contributed by atoms with Gasteiger partial charge in [-0.2, -0.15) is 0 Å². The van der Waals surface area contributed by atoms with Gasteiger partial charge in [0.25, 0.3) is 0 Å². The predicted octanol–water partition coefficient (Wildman–Crippen LogP) is 8.94. The molecule has 0 radical (unpaired) electrons. The van der Waals surface area contributed by atoms with Crippen LogP contribution in [-0.4, -0.2) is 23.9 Å². The molecule has 10 aromatic rings. The van der Waals surface area contributed by atoms with Crippen LogP contribution >= 0.6 is 0 Å². The summed E-state index contributed by atoms with van der Waals surface area (Å²) in [7, 11) is 0. The number of rotatable bonds is 2. The Kier molecular flexibility index (Phi) is 4.12. The number of benzene rings is 5. The summed E-state index contributed by atoms with van der Waals surface area (Å²) in [6.45, 7) is 0. The lowest BCUT2D eigenvalue weighted by Gasteiger charge is -2.11. The molecule has 5 heterocycles. The quantitative estimate of drug-likeness (QED) is 0.222. The normalized spacial score (nSPS) is 12.3. The smallest absolute Gasteiger partial charge is 0.235 e. The Morgan fingerprint density at radius 1 is 0.500 bits per heavy atom. The topological polar surface area (TPSA) is 48.0 Å². The molecule has 10 rings (SSSR count). The average molecular weight is 536 g/mol. The van der Waals surface area contributed by atoms with Gasteiger partial charge in [-0.25, -0.2) is 9.97 Å². The number of hydrogen-bond acceptors (Lipinski definition) is 3. The fourth-order valence-corrected chi connectivity index (χ4v) is 7.07. The molecule has 194 valence electrons. The molecule has 5 aromatic heterocycles. The van der Waals surface area contributed by atoms with E-state index in [0.29, 0.717) is 5.95 Å². The lowest BCUT2D eigenvalue weighted by Crippen LogP contribution is -2.03. The first-order valence-corrected chi connectivity index (χ1v) is 14.1. The molecule has 0 amide bonds. The maximum absolute atomic E-state index is 5.26. The second-order valence-corrected chi connectivity index (χ2v) is 10.9. The summed E-state index contributed by atoms with van der Waals surface area (Å²) in [4.78, 5) is 14.8. The van der Waals surface area contributed by atoms with Gasteiger partial charge in [0.2, 0.25) is 5.95 Å². The largest absolute Gasteiger partial charge is 0.308 e. The van der Waals surface area contributed by atoms with Gasteiger partial charge in [-0.05, 0) is 42.5 Å². The first-order chi connectivity index (χ1) is 20.9. The van der Waals surface area contributed by atoms with Crippen LogP contribution in [0.3, 0.4) is 0 Å². The van der Waals surface area contributed by atoms with Crippen molar-refractivity contribution in [3.63, 3.8) is 0 Å². The van der Waals surface area contributed by atoms with E-state index in [4.69, 9.17) is 9.97 Å². The highest BCUT2D eigenvalue weighted by Gasteiger charge is 2.24. The van der Waals surface area contributed by atoms with Crippen LogP contribution in [0.4, 0.5) is 0 Å². The molecule has 0 N–H and O–H groups in total. The molecule has 0 saturated heterocycles. The molecule has 5 heteroatoms. The van der Waals surface area contributed by atoms with Gasteiger partial charge in [-0.3, -0.25) is 9.55 Å². The highest BCUT2D eigenvalue weighted by molar-refractivity contribution is 6.35. The van der Waals surface area contributed by atoms with Crippen molar-refractivity contribution in [1.82, 2.24) is 23.9 Å². The summed E-state index contributed by atoms with van der Waals surface area (Å²) in [5.74, 6) is 0.653. The van der Waals surface area contributed by atoms with Crippen molar-refractivity contribution in [2.24, 2.45) is 0 Å². The van der Waals surface area contributed by atoms with Crippen LogP contribution in [-0.2, 0) is 0 Å². The minimum absolute atomic E-state index is 0.653. The molecule has 42 heavy (non-hydrogen) atoms. The van der Waals surface area contributed by atoms with E-state index in [1.165, 1.54) is 48.9 Å². The SMILES string of the molecule is c1cncc(-c2nc(-n3c4ccccc4c4c5c6ccccc6n6c7ccccc7c(cc43)c56)nc3ccccc23)c1. The fraction of sp³-hybridized carbons (Fsp3) is 0. The van der Waals surface area contributed by atoms with Gasteiger partial charge < -0.3 is 4.40 Å². The number of nitrogens with zero attached hydrogens (tertiary/aromatic N) is 5. The Morgan fingerprint density at radius 2 is 1.17 bits per heavy atom. The van der Waals surface area contributed by atoms with Crippen LogP contribution < -0.4 is 0 Å². The van der Waals surface area contributed by atoms with E-state index < -0.39 is 0 Å². The molecule has 5 nitrogen and oxygen atoms in total. The lowest BCUT2D eigenvalue weighted by atomic mass is 10.0. The van der Waals surface area contributed by atoms with Gasteiger partial charge in [0.05, 0.1) is 38.8 Å².